The summed E-state index contributed by atoms with van der Waals surface area (Å²) in [5.41, 5.74) is 2.25. The van der Waals surface area contributed by atoms with Crippen LogP contribution in [-0.2, 0) is 4.79 Å². The molecular weight excluding hydrogens is 334 g/mol. The summed E-state index contributed by atoms with van der Waals surface area (Å²) in [5.74, 6) is 3.86. The summed E-state index contributed by atoms with van der Waals surface area (Å²) < 4.78 is 10.9. The smallest absolute Gasteiger partial charge is 0.231 e. The summed E-state index contributed by atoms with van der Waals surface area (Å²) in [6.07, 6.45) is 0.480. The molecule has 1 atom stereocenters. The van der Waals surface area contributed by atoms with E-state index in [2.05, 4.69) is 12.1 Å². The van der Waals surface area contributed by atoms with Crippen LogP contribution in [0.1, 0.15) is 23.5 Å². The monoisotopic (exact) mass is 355 g/mol. The molecule has 4 nitrogen and oxygen atoms in total. The van der Waals surface area contributed by atoms with Crippen LogP contribution in [0.3, 0.4) is 0 Å². The molecule has 0 spiro atoms. The summed E-state index contributed by atoms with van der Waals surface area (Å²) >= 11 is 1.92. The topological polar surface area (TPSA) is 38.8 Å². The van der Waals surface area contributed by atoms with Gasteiger partial charge in [0.25, 0.3) is 0 Å². The molecule has 0 radical (unpaired) electrons. The number of nitrogens with zero attached hydrogens (tertiary/aromatic N) is 1. The second kappa shape index (κ2) is 7.40. The van der Waals surface area contributed by atoms with E-state index in [-0.39, 0.29) is 18.6 Å². The number of hydrogen-bond acceptors (Lipinski definition) is 4. The Morgan fingerprint density at radius 3 is 2.56 bits per heavy atom. The van der Waals surface area contributed by atoms with Crippen LogP contribution in [0.15, 0.2) is 48.5 Å². The number of hydrogen-bond donors (Lipinski definition) is 0. The summed E-state index contributed by atoms with van der Waals surface area (Å²) in [6.45, 7) is 1.97. The van der Waals surface area contributed by atoms with Gasteiger partial charge in [0, 0.05) is 36.9 Å². The van der Waals surface area contributed by atoms with Crippen LogP contribution in [0.5, 0.6) is 11.5 Å². The number of carbonyl (C=O) groups is 1. The molecule has 4 rings (SSSR count). The minimum Gasteiger partial charge on any atom is -0.454 e. The Bertz CT molecular complexity index is 744. The quantitative estimate of drug-likeness (QED) is 0.841. The highest BCUT2D eigenvalue weighted by atomic mass is 32.2. The fourth-order valence-electron chi connectivity index (χ4n) is 3.36. The van der Waals surface area contributed by atoms with Gasteiger partial charge in [-0.05, 0) is 23.3 Å². The molecule has 0 aromatic heterocycles. The molecule has 2 aliphatic rings. The average molecular weight is 355 g/mol. The van der Waals surface area contributed by atoms with Crippen LogP contribution < -0.4 is 9.47 Å². The van der Waals surface area contributed by atoms with E-state index in [1.54, 1.807) is 0 Å². The molecule has 0 aliphatic carbocycles. The van der Waals surface area contributed by atoms with E-state index in [1.807, 2.05) is 53.1 Å². The highest BCUT2D eigenvalue weighted by Gasteiger charge is 2.25. The lowest BCUT2D eigenvalue weighted by atomic mass is 9.88. The SMILES string of the molecule is O=C(C[C@@H](c1ccccc1)c1ccc2c(c1)OCO2)N1CCSCC1. The third-order valence-electron chi connectivity index (χ3n) is 4.74. The summed E-state index contributed by atoms with van der Waals surface area (Å²) in [7, 11) is 0. The Morgan fingerprint density at radius 1 is 1.00 bits per heavy atom. The third-order valence-corrected chi connectivity index (χ3v) is 5.69. The first-order chi connectivity index (χ1) is 12.3. The standard InChI is InChI=1S/C20H21NO3S/c22-20(21-8-10-25-11-9-21)13-17(15-4-2-1-3-5-15)16-6-7-18-19(12-16)24-14-23-18/h1-7,12,17H,8-11,13-14H2/t17-/m0/s1. The second-order valence-electron chi connectivity index (χ2n) is 6.27. The lowest BCUT2D eigenvalue weighted by Gasteiger charge is -2.28. The predicted octanol–water partition coefficient (Wildman–Crippen LogP) is 3.51. The van der Waals surface area contributed by atoms with E-state index in [9.17, 15) is 4.79 Å². The molecule has 2 aliphatic heterocycles. The van der Waals surface area contributed by atoms with Gasteiger partial charge in [-0.25, -0.2) is 0 Å². The molecule has 1 fully saturated rings. The Morgan fingerprint density at radius 2 is 1.76 bits per heavy atom. The zero-order chi connectivity index (χ0) is 17.1. The number of amides is 1. The molecule has 2 heterocycles. The van der Waals surface area contributed by atoms with Crippen LogP contribution in [0.25, 0.3) is 0 Å². The average Bonchev–Trinajstić information content (AvgIpc) is 3.15. The Hall–Kier alpha value is -2.14. The van der Waals surface area contributed by atoms with Crippen LogP contribution in [0.4, 0.5) is 0 Å². The predicted molar refractivity (Wildman–Crippen MR) is 99.4 cm³/mol. The highest BCUT2D eigenvalue weighted by Crippen LogP contribution is 2.37. The van der Waals surface area contributed by atoms with Gasteiger partial charge in [-0.2, -0.15) is 11.8 Å². The molecule has 130 valence electrons. The summed E-state index contributed by atoms with van der Waals surface area (Å²) in [5, 5.41) is 0. The van der Waals surface area contributed by atoms with Crippen molar-refractivity contribution in [1.82, 2.24) is 4.90 Å². The molecular formula is C20H21NO3S. The minimum absolute atomic E-state index is 0.0257. The van der Waals surface area contributed by atoms with Crippen molar-refractivity contribution < 1.29 is 14.3 Å². The van der Waals surface area contributed by atoms with Gasteiger partial charge in [0.15, 0.2) is 11.5 Å². The fraction of sp³-hybridized carbons (Fsp3) is 0.350. The van der Waals surface area contributed by atoms with Crippen LogP contribution in [0.2, 0.25) is 0 Å². The largest absolute Gasteiger partial charge is 0.454 e. The van der Waals surface area contributed by atoms with Crippen molar-refractivity contribution in [3.8, 4) is 11.5 Å². The zero-order valence-corrected chi connectivity index (χ0v) is 14.8. The number of benzene rings is 2. The van der Waals surface area contributed by atoms with E-state index >= 15 is 0 Å². The molecule has 0 saturated carbocycles. The van der Waals surface area contributed by atoms with Gasteiger partial charge in [0.05, 0.1) is 0 Å². The molecule has 25 heavy (non-hydrogen) atoms. The first-order valence-corrected chi connectivity index (χ1v) is 9.77. The lowest BCUT2D eigenvalue weighted by molar-refractivity contribution is -0.131. The molecule has 1 amide bonds. The molecule has 0 unspecified atom stereocenters. The van der Waals surface area contributed by atoms with Gasteiger partial charge in [-0.1, -0.05) is 36.4 Å². The van der Waals surface area contributed by atoms with Gasteiger partial charge in [0.1, 0.15) is 0 Å². The van der Waals surface area contributed by atoms with E-state index < -0.39 is 0 Å². The van der Waals surface area contributed by atoms with Crippen molar-refractivity contribution in [2.24, 2.45) is 0 Å². The first kappa shape index (κ1) is 16.3. The van der Waals surface area contributed by atoms with Gasteiger partial charge in [-0.3, -0.25) is 4.79 Å². The maximum Gasteiger partial charge on any atom is 0.231 e. The Labute approximate surface area is 152 Å². The first-order valence-electron chi connectivity index (χ1n) is 8.61. The van der Waals surface area contributed by atoms with Gasteiger partial charge in [-0.15, -0.1) is 0 Å². The zero-order valence-electron chi connectivity index (χ0n) is 14.0. The van der Waals surface area contributed by atoms with Crippen molar-refractivity contribution in [3.05, 3.63) is 59.7 Å². The van der Waals surface area contributed by atoms with Gasteiger partial charge in [0.2, 0.25) is 12.7 Å². The van der Waals surface area contributed by atoms with Crippen LogP contribution in [0, 0.1) is 0 Å². The van der Waals surface area contributed by atoms with E-state index in [0.29, 0.717) is 6.42 Å². The van der Waals surface area contributed by atoms with Crippen molar-refractivity contribution >= 4 is 17.7 Å². The maximum atomic E-state index is 12.8. The van der Waals surface area contributed by atoms with Crippen LogP contribution in [-0.4, -0.2) is 42.2 Å². The molecule has 2 aromatic carbocycles. The molecule has 0 N–H and O–H groups in total. The molecule has 0 bridgehead atoms. The van der Waals surface area contributed by atoms with E-state index in [0.717, 1.165) is 47.2 Å². The maximum absolute atomic E-state index is 12.8. The number of thioether (sulfide) groups is 1. The second-order valence-corrected chi connectivity index (χ2v) is 7.50. The fourth-order valence-corrected chi connectivity index (χ4v) is 4.26. The van der Waals surface area contributed by atoms with E-state index in [4.69, 9.17) is 9.47 Å². The number of fused-ring (bicyclic) bond motifs is 1. The summed E-state index contributed by atoms with van der Waals surface area (Å²) in [4.78, 5) is 14.8. The summed E-state index contributed by atoms with van der Waals surface area (Å²) in [6, 6.07) is 16.2. The normalized spacial score (nSPS) is 17.4. The minimum atomic E-state index is 0.0257. The number of carbonyl (C=O) groups excluding carboxylic acids is 1. The van der Waals surface area contributed by atoms with E-state index in [1.165, 1.54) is 0 Å². The lowest BCUT2D eigenvalue weighted by Crippen LogP contribution is -2.38. The Kier molecular flexibility index (Phi) is 4.83. The number of ether oxygens (including phenoxy) is 2. The molecule has 5 heteroatoms. The van der Waals surface area contributed by atoms with Gasteiger partial charge >= 0.3 is 0 Å². The van der Waals surface area contributed by atoms with Crippen molar-refractivity contribution in [1.29, 1.82) is 0 Å². The Balaban J connectivity index is 1.61. The van der Waals surface area contributed by atoms with Crippen molar-refractivity contribution in [2.75, 3.05) is 31.4 Å². The van der Waals surface area contributed by atoms with Crippen molar-refractivity contribution in [3.63, 3.8) is 0 Å². The highest BCUT2D eigenvalue weighted by molar-refractivity contribution is 7.99. The van der Waals surface area contributed by atoms with Crippen LogP contribution >= 0.6 is 11.8 Å². The molecule has 1 saturated heterocycles. The number of rotatable bonds is 4. The third kappa shape index (κ3) is 3.61. The van der Waals surface area contributed by atoms with Gasteiger partial charge < -0.3 is 14.4 Å². The van der Waals surface area contributed by atoms with Crippen molar-refractivity contribution in [2.45, 2.75) is 12.3 Å². The molecule has 2 aromatic rings.